The normalized spacial score (nSPS) is 28.9. The van der Waals surface area contributed by atoms with Crippen molar-refractivity contribution in [2.75, 3.05) is 19.6 Å². The van der Waals surface area contributed by atoms with Gasteiger partial charge in [-0.05, 0) is 57.0 Å². The molecule has 1 heterocycles. The molecule has 0 aromatic heterocycles. The first-order chi connectivity index (χ1) is 8.34. The summed E-state index contributed by atoms with van der Waals surface area (Å²) in [6.07, 6.45) is 11.1. The first-order valence-electron chi connectivity index (χ1n) is 6.97. The van der Waals surface area contributed by atoms with Gasteiger partial charge in [-0.15, -0.1) is 0 Å². The Balaban J connectivity index is 1.61. The molecule has 17 heavy (non-hydrogen) atoms. The molecule has 2 atom stereocenters. The van der Waals surface area contributed by atoms with E-state index in [0.29, 0.717) is 18.3 Å². The molecular weight excluding hydrogens is 212 g/mol. The van der Waals surface area contributed by atoms with Crippen molar-refractivity contribution in [1.29, 1.82) is 0 Å². The Labute approximate surface area is 104 Å². The molecule has 1 aliphatic carbocycles. The summed E-state index contributed by atoms with van der Waals surface area (Å²) in [6.45, 7) is 3.00. The van der Waals surface area contributed by atoms with Crippen LogP contribution >= 0.6 is 0 Å². The van der Waals surface area contributed by atoms with Gasteiger partial charge in [0.05, 0.1) is 0 Å². The van der Waals surface area contributed by atoms with Crippen molar-refractivity contribution < 1.29 is 4.79 Å². The lowest BCUT2D eigenvalue weighted by Gasteiger charge is -2.23. The van der Waals surface area contributed by atoms with Crippen molar-refractivity contribution in [3.8, 4) is 0 Å². The number of piperidine rings is 1. The van der Waals surface area contributed by atoms with Crippen LogP contribution in [0.5, 0.6) is 0 Å². The average Bonchev–Trinajstić information content (AvgIpc) is 2.39. The highest BCUT2D eigenvalue weighted by Gasteiger charge is 2.17. The highest BCUT2D eigenvalue weighted by Crippen LogP contribution is 2.17. The molecule has 2 aliphatic rings. The van der Waals surface area contributed by atoms with Crippen LogP contribution in [0.1, 0.15) is 38.5 Å². The summed E-state index contributed by atoms with van der Waals surface area (Å²) in [7, 11) is 0. The summed E-state index contributed by atoms with van der Waals surface area (Å²) in [4.78, 5) is 11.8. The van der Waals surface area contributed by atoms with Crippen LogP contribution in [0.15, 0.2) is 12.2 Å². The molecule has 3 nitrogen and oxygen atoms in total. The lowest BCUT2D eigenvalue weighted by molar-refractivity contribution is -0.122. The molecule has 1 saturated heterocycles. The van der Waals surface area contributed by atoms with Crippen LogP contribution in [0.3, 0.4) is 0 Å². The Morgan fingerprint density at radius 1 is 1.29 bits per heavy atom. The molecule has 96 valence electrons. The fourth-order valence-electron chi connectivity index (χ4n) is 2.73. The van der Waals surface area contributed by atoms with Crippen molar-refractivity contribution in [3.05, 3.63) is 12.2 Å². The summed E-state index contributed by atoms with van der Waals surface area (Å²) in [5, 5.41) is 6.46. The Bertz CT molecular complexity index is 269. The molecule has 3 heteroatoms. The molecule has 1 aliphatic heterocycles. The zero-order valence-electron chi connectivity index (χ0n) is 10.6. The van der Waals surface area contributed by atoms with Gasteiger partial charge in [-0.3, -0.25) is 4.79 Å². The average molecular weight is 236 g/mol. The largest absolute Gasteiger partial charge is 0.356 e. The Morgan fingerprint density at radius 2 is 2.24 bits per heavy atom. The van der Waals surface area contributed by atoms with E-state index in [4.69, 9.17) is 0 Å². The molecule has 1 amide bonds. The van der Waals surface area contributed by atoms with E-state index in [9.17, 15) is 4.79 Å². The van der Waals surface area contributed by atoms with Gasteiger partial charge >= 0.3 is 0 Å². The van der Waals surface area contributed by atoms with Gasteiger partial charge < -0.3 is 10.6 Å². The summed E-state index contributed by atoms with van der Waals surface area (Å²) in [5.74, 6) is 1.46. The van der Waals surface area contributed by atoms with E-state index in [1.54, 1.807) is 0 Å². The minimum Gasteiger partial charge on any atom is -0.356 e. The first-order valence-corrected chi connectivity index (χ1v) is 6.97. The molecule has 0 saturated carbocycles. The molecule has 0 aromatic carbocycles. The molecular formula is C14H24N2O. The van der Waals surface area contributed by atoms with Crippen LogP contribution in [0.4, 0.5) is 0 Å². The fraction of sp³-hybridized carbons (Fsp3) is 0.786. The maximum absolute atomic E-state index is 11.8. The van der Waals surface area contributed by atoms with E-state index < -0.39 is 0 Å². The number of carbonyl (C=O) groups excluding carboxylic acids is 1. The number of hydrogen-bond donors (Lipinski definition) is 2. The summed E-state index contributed by atoms with van der Waals surface area (Å²) in [6, 6.07) is 0. The molecule has 2 N–H and O–H groups in total. The predicted octanol–water partition coefficient (Wildman–Crippen LogP) is 1.85. The fourth-order valence-corrected chi connectivity index (χ4v) is 2.73. The standard InChI is InChI=1S/C14H24N2O/c17-14(9-13-7-4-8-15-10-13)16-11-12-5-2-1-3-6-12/h1-2,12-13,15H,3-11H2,(H,16,17). The molecule has 2 rings (SSSR count). The zero-order chi connectivity index (χ0) is 11.9. The lowest BCUT2D eigenvalue weighted by atomic mass is 9.93. The van der Waals surface area contributed by atoms with Crippen molar-refractivity contribution in [3.63, 3.8) is 0 Å². The summed E-state index contributed by atoms with van der Waals surface area (Å²) in [5.41, 5.74) is 0. The van der Waals surface area contributed by atoms with E-state index in [0.717, 1.165) is 26.1 Å². The van der Waals surface area contributed by atoms with Gasteiger partial charge in [-0.1, -0.05) is 12.2 Å². The van der Waals surface area contributed by atoms with Gasteiger partial charge in [0.1, 0.15) is 0 Å². The third kappa shape index (κ3) is 4.50. The minimum atomic E-state index is 0.244. The van der Waals surface area contributed by atoms with E-state index in [2.05, 4.69) is 22.8 Å². The molecule has 2 unspecified atom stereocenters. The van der Waals surface area contributed by atoms with Crippen molar-refractivity contribution in [2.45, 2.75) is 38.5 Å². The minimum absolute atomic E-state index is 0.244. The topological polar surface area (TPSA) is 41.1 Å². The molecule has 1 fully saturated rings. The third-order valence-corrected chi connectivity index (χ3v) is 3.84. The lowest BCUT2D eigenvalue weighted by Crippen LogP contribution is -2.35. The van der Waals surface area contributed by atoms with Gasteiger partial charge in [-0.2, -0.15) is 0 Å². The molecule has 0 aromatic rings. The number of amides is 1. The second-order valence-corrected chi connectivity index (χ2v) is 5.37. The van der Waals surface area contributed by atoms with E-state index in [-0.39, 0.29) is 5.91 Å². The van der Waals surface area contributed by atoms with Crippen molar-refractivity contribution >= 4 is 5.91 Å². The maximum atomic E-state index is 11.8. The zero-order valence-corrected chi connectivity index (χ0v) is 10.6. The van der Waals surface area contributed by atoms with Crippen LogP contribution in [-0.2, 0) is 4.79 Å². The summed E-state index contributed by atoms with van der Waals surface area (Å²) >= 11 is 0. The SMILES string of the molecule is O=C(CC1CCCNC1)NCC1CC=CCC1. The molecule has 0 bridgehead atoms. The number of rotatable bonds is 4. The Hall–Kier alpha value is -0.830. The highest BCUT2D eigenvalue weighted by atomic mass is 16.1. The van der Waals surface area contributed by atoms with Gasteiger partial charge in [0, 0.05) is 13.0 Å². The monoisotopic (exact) mass is 236 g/mol. The maximum Gasteiger partial charge on any atom is 0.220 e. The van der Waals surface area contributed by atoms with Gasteiger partial charge in [0.25, 0.3) is 0 Å². The van der Waals surface area contributed by atoms with Crippen LogP contribution < -0.4 is 10.6 Å². The smallest absolute Gasteiger partial charge is 0.220 e. The van der Waals surface area contributed by atoms with Crippen LogP contribution in [0.25, 0.3) is 0 Å². The predicted molar refractivity (Wildman–Crippen MR) is 69.7 cm³/mol. The number of nitrogens with one attached hydrogen (secondary N) is 2. The van der Waals surface area contributed by atoms with E-state index in [1.807, 2.05) is 0 Å². The van der Waals surface area contributed by atoms with Crippen molar-refractivity contribution in [1.82, 2.24) is 10.6 Å². The molecule has 0 spiro atoms. The van der Waals surface area contributed by atoms with Gasteiger partial charge in [0.15, 0.2) is 0 Å². The number of allylic oxidation sites excluding steroid dienone is 2. The Kier molecular flexibility index (Phi) is 5.05. The third-order valence-electron chi connectivity index (χ3n) is 3.84. The van der Waals surface area contributed by atoms with Crippen LogP contribution in [-0.4, -0.2) is 25.5 Å². The Morgan fingerprint density at radius 3 is 2.94 bits per heavy atom. The summed E-state index contributed by atoms with van der Waals surface area (Å²) < 4.78 is 0. The van der Waals surface area contributed by atoms with Crippen LogP contribution in [0, 0.1) is 11.8 Å². The molecule has 0 radical (unpaired) electrons. The van der Waals surface area contributed by atoms with E-state index >= 15 is 0 Å². The van der Waals surface area contributed by atoms with Crippen molar-refractivity contribution in [2.24, 2.45) is 11.8 Å². The number of hydrogen-bond acceptors (Lipinski definition) is 2. The number of carbonyl (C=O) groups is 1. The highest BCUT2D eigenvalue weighted by molar-refractivity contribution is 5.76. The van der Waals surface area contributed by atoms with Crippen LogP contribution in [0.2, 0.25) is 0 Å². The second kappa shape index (κ2) is 6.80. The van der Waals surface area contributed by atoms with Gasteiger partial charge in [-0.25, -0.2) is 0 Å². The van der Waals surface area contributed by atoms with E-state index in [1.165, 1.54) is 25.7 Å². The quantitative estimate of drug-likeness (QED) is 0.731. The first kappa shape index (κ1) is 12.6. The van der Waals surface area contributed by atoms with Gasteiger partial charge in [0.2, 0.25) is 5.91 Å². The second-order valence-electron chi connectivity index (χ2n) is 5.37.